The Hall–Kier alpha value is -1.94. The van der Waals surface area contributed by atoms with Gasteiger partial charge in [-0.2, -0.15) is 0 Å². The SMILES string of the molecule is CC1CCCOC(=O)CC(O)C(C)(C)C(=O)C(C)[C@@H](OC(=O)CSCC(C=O)NC=O)C(C)CCC1. The van der Waals surface area contributed by atoms with E-state index in [-0.39, 0.29) is 29.6 Å². The van der Waals surface area contributed by atoms with Gasteiger partial charge in [0.15, 0.2) is 0 Å². The summed E-state index contributed by atoms with van der Waals surface area (Å²) < 4.78 is 11.1. The second kappa shape index (κ2) is 16.0. The van der Waals surface area contributed by atoms with E-state index in [0.29, 0.717) is 25.2 Å². The van der Waals surface area contributed by atoms with Crippen LogP contribution in [0.2, 0.25) is 0 Å². The maximum atomic E-state index is 13.5. The number of aliphatic hydroxyl groups is 1. The Morgan fingerprint density at radius 1 is 1.19 bits per heavy atom. The van der Waals surface area contributed by atoms with Crippen molar-refractivity contribution in [2.75, 3.05) is 18.1 Å². The molecule has 0 aromatic heterocycles. The highest BCUT2D eigenvalue weighted by Crippen LogP contribution is 2.33. The third-order valence-electron chi connectivity index (χ3n) is 6.99. The molecule has 1 aliphatic heterocycles. The van der Waals surface area contributed by atoms with E-state index in [1.807, 2.05) is 6.92 Å². The number of thioether (sulfide) groups is 1. The number of esters is 2. The topological polar surface area (TPSA) is 136 Å². The summed E-state index contributed by atoms with van der Waals surface area (Å²) in [5.74, 6) is -1.54. The predicted molar refractivity (Wildman–Crippen MR) is 137 cm³/mol. The summed E-state index contributed by atoms with van der Waals surface area (Å²) in [7, 11) is 0. The second-order valence-corrected chi connectivity index (χ2v) is 11.5. The third-order valence-corrected chi connectivity index (χ3v) is 8.02. The number of Topliss-reactive ketones (excluding diaryl/α,β-unsaturated/α-hetero) is 1. The lowest BCUT2D eigenvalue weighted by molar-refractivity contribution is -0.158. The van der Waals surface area contributed by atoms with Crippen molar-refractivity contribution in [3.8, 4) is 0 Å². The summed E-state index contributed by atoms with van der Waals surface area (Å²) in [6.45, 7) is 9.28. The van der Waals surface area contributed by atoms with Crippen LogP contribution in [0.5, 0.6) is 0 Å². The van der Waals surface area contributed by atoms with Gasteiger partial charge in [0.1, 0.15) is 18.2 Å². The second-order valence-electron chi connectivity index (χ2n) is 10.5. The Kier molecular flexibility index (Phi) is 14.3. The van der Waals surface area contributed by atoms with E-state index in [0.717, 1.165) is 43.9 Å². The maximum Gasteiger partial charge on any atom is 0.316 e. The molecule has 1 saturated heterocycles. The third kappa shape index (κ3) is 10.6. The molecule has 0 aliphatic carbocycles. The van der Waals surface area contributed by atoms with E-state index < -0.39 is 41.5 Å². The van der Waals surface area contributed by atoms with Gasteiger partial charge in [0.2, 0.25) is 6.41 Å². The number of ketones is 1. The van der Waals surface area contributed by atoms with E-state index in [2.05, 4.69) is 12.2 Å². The lowest BCUT2D eigenvalue weighted by Gasteiger charge is -2.36. The zero-order valence-electron chi connectivity index (χ0n) is 22.2. The van der Waals surface area contributed by atoms with Crippen molar-refractivity contribution >= 4 is 42.2 Å². The first-order valence-electron chi connectivity index (χ1n) is 12.7. The van der Waals surface area contributed by atoms with Crippen LogP contribution in [0.3, 0.4) is 0 Å². The maximum absolute atomic E-state index is 13.5. The van der Waals surface area contributed by atoms with Crippen LogP contribution in [-0.2, 0) is 33.4 Å². The van der Waals surface area contributed by atoms with E-state index in [1.54, 1.807) is 20.8 Å². The number of aliphatic hydroxyl groups excluding tert-OH is 1. The van der Waals surface area contributed by atoms with Gasteiger partial charge in [0.05, 0.1) is 42.3 Å². The minimum absolute atomic E-state index is 0.0378. The summed E-state index contributed by atoms with van der Waals surface area (Å²) >= 11 is 1.16. The number of ether oxygens (including phenoxy) is 2. The Morgan fingerprint density at radius 3 is 2.50 bits per heavy atom. The zero-order chi connectivity index (χ0) is 27.3. The fourth-order valence-electron chi connectivity index (χ4n) is 4.47. The first-order valence-corrected chi connectivity index (χ1v) is 13.9. The normalized spacial score (nSPS) is 29.4. The Labute approximate surface area is 218 Å². The average molecular weight is 530 g/mol. The molecule has 1 aliphatic rings. The van der Waals surface area contributed by atoms with Crippen molar-refractivity contribution in [2.45, 2.75) is 91.4 Å². The van der Waals surface area contributed by atoms with Crippen LogP contribution < -0.4 is 5.32 Å². The molecule has 0 aromatic carbocycles. The molecular weight excluding hydrogens is 486 g/mol. The number of cyclic esters (lactones) is 1. The summed E-state index contributed by atoms with van der Waals surface area (Å²) in [6, 6.07) is -0.696. The summed E-state index contributed by atoms with van der Waals surface area (Å²) in [5.41, 5.74) is -1.25. The van der Waals surface area contributed by atoms with Gasteiger partial charge in [-0.25, -0.2) is 0 Å². The van der Waals surface area contributed by atoms with Crippen LogP contribution in [0.15, 0.2) is 0 Å². The van der Waals surface area contributed by atoms with Crippen molar-refractivity contribution in [1.29, 1.82) is 0 Å². The molecule has 0 radical (unpaired) electrons. The molecule has 6 atom stereocenters. The molecule has 10 heteroatoms. The van der Waals surface area contributed by atoms with Gasteiger partial charge < -0.3 is 24.7 Å². The molecule has 9 nitrogen and oxygen atoms in total. The van der Waals surface area contributed by atoms with Crippen LogP contribution in [-0.4, -0.2) is 71.9 Å². The molecule has 1 amide bonds. The number of hydrogen-bond donors (Lipinski definition) is 2. The molecule has 0 spiro atoms. The van der Waals surface area contributed by atoms with Crippen LogP contribution in [0, 0.1) is 23.2 Å². The highest BCUT2D eigenvalue weighted by atomic mass is 32.2. The molecule has 206 valence electrons. The molecule has 2 N–H and O–H groups in total. The summed E-state index contributed by atoms with van der Waals surface area (Å²) in [6.07, 6.45) is 3.09. The molecule has 1 heterocycles. The molecule has 0 aromatic rings. The number of rotatable bonds is 8. The molecule has 5 unspecified atom stereocenters. The van der Waals surface area contributed by atoms with Gasteiger partial charge in [-0.05, 0) is 31.1 Å². The van der Waals surface area contributed by atoms with Crippen LogP contribution >= 0.6 is 11.8 Å². The van der Waals surface area contributed by atoms with Gasteiger partial charge in [-0.3, -0.25) is 19.2 Å². The summed E-state index contributed by atoms with van der Waals surface area (Å²) in [4.78, 5) is 59.9. The Bertz CT molecular complexity index is 743. The smallest absolute Gasteiger partial charge is 0.316 e. The van der Waals surface area contributed by atoms with Gasteiger partial charge in [-0.15, -0.1) is 11.8 Å². The minimum atomic E-state index is -1.25. The van der Waals surface area contributed by atoms with Crippen molar-refractivity contribution < 1.29 is 38.6 Å². The van der Waals surface area contributed by atoms with E-state index in [1.165, 1.54) is 0 Å². The van der Waals surface area contributed by atoms with Crippen LogP contribution in [0.4, 0.5) is 0 Å². The molecule has 0 saturated carbocycles. The molecule has 1 fully saturated rings. The van der Waals surface area contributed by atoms with Crippen LogP contribution in [0.25, 0.3) is 0 Å². The van der Waals surface area contributed by atoms with Gasteiger partial charge in [0, 0.05) is 5.75 Å². The lowest BCUT2D eigenvalue weighted by Crippen LogP contribution is -2.47. The fourth-order valence-corrected chi connectivity index (χ4v) is 5.25. The number of aldehydes is 1. The molecule has 36 heavy (non-hydrogen) atoms. The summed E-state index contributed by atoms with van der Waals surface area (Å²) in [5, 5.41) is 13.1. The van der Waals surface area contributed by atoms with Crippen molar-refractivity contribution in [2.24, 2.45) is 23.2 Å². The number of carbonyl (C=O) groups is 5. The number of nitrogens with one attached hydrogen (secondary N) is 1. The number of amides is 1. The highest BCUT2D eigenvalue weighted by Gasteiger charge is 2.43. The monoisotopic (exact) mass is 529 g/mol. The zero-order valence-corrected chi connectivity index (χ0v) is 23.0. The lowest BCUT2D eigenvalue weighted by atomic mass is 9.73. The predicted octanol–water partition coefficient (Wildman–Crippen LogP) is 2.71. The minimum Gasteiger partial charge on any atom is -0.466 e. The Morgan fingerprint density at radius 2 is 1.86 bits per heavy atom. The van der Waals surface area contributed by atoms with E-state index in [9.17, 15) is 29.1 Å². The van der Waals surface area contributed by atoms with Crippen molar-refractivity contribution in [1.82, 2.24) is 5.32 Å². The standard InChI is InChI=1S/C26H43NO8S/c1-17-8-6-10-18(2)24(35-23(32)15-36-14-20(13-28)27-16-29)19(3)25(33)26(4,5)21(30)12-22(31)34-11-7-9-17/h13,16-21,24,30H,6-12,14-15H2,1-5H3,(H,27,29)/t17?,18?,19?,20?,21?,24-/m0/s1. The number of carbonyl (C=O) groups excluding carboxylic acids is 5. The molecular formula is C26H43NO8S. The number of hydrogen-bond acceptors (Lipinski definition) is 9. The largest absolute Gasteiger partial charge is 0.466 e. The average Bonchev–Trinajstić information content (AvgIpc) is 2.82. The van der Waals surface area contributed by atoms with Gasteiger partial charge >= 0.3 is 11.9 Å². The first kappa shape index (κ1) is 32.1. The quantitative estimate of drug-likeness (QED) is 0.359. The van der Waals surface area contributed by atoms with Crippen LogP contribution in [0.1, 0.15) is 73.1 Å². The highest BCUT2D eigenvalue weighted by molar-refractivity contribution is 8.00. The Balaban J connectivity index is 3.02. The van der Waals surface area contributed by atoms with Crippen molar-refractivity contribution in [3.63, 3.8) is 0 Å². The first-order chi connectivity index (χ1) is 16.9. The van der Waals surface area contributed by atoms with E-state index >= 15 is 0 Å². The molecule has 0 bridgehead atoms. The van der Waals surface area contributed by atoms with Gasteiger partial charge in [-0.1, -0.05) is 47.5 Å². The van der Waals surface area contributed by atoms with E-state index in [4.69, 9.17) is 9.47 Å². The fraction of sp³-hybridized carbons (Fsp3) is 0.808. The van der Waals surface area contributed by atoms with Crippen molar-refractivity contribution in [3.05, 3.63) is 0 Å². The van der Waals surface area contributed by atoms with Gasteiger partial charge in [0.25, 0.3) is 0 Å². The molecule has 1 rings (SSSR count).